The van der Waals surface area contributed by atoms with Crippen LogP contribution in [0.3, 0.4) is 0 Å². The zero-order valence-corrected chi connectivity index (χ0v) is 17.6. The van der Waals surface area contributed by atoms with Gasteiger partial charge in [-0.2, -0.15) is 0 Å². The van der Waals surface area contributed by atoms with Crippen molar-refractivity contribution in [2.75, 3.05) is 13.7 Å². The lowest BCUT2D eigenvalue weighted by Gasteiger charge is -2.52. The average Bonchev–Trinajstić information content (AvgIpc) is 2.86. The summed E-state index contributed by atoms with van der Waals surface area (Å²) in [6.45, 7) is 7.87. The van der Waals surface area contributed by atoms with E-state index in [0.717, 1.165) is 19.3 Å². The zero-order chi connectivity index (χ0) is 20.8. The number of carbonyl (C=O) groups excluding carboxylic acids is 2. The van der Waals surface area contributed by atoms with Gasteiger partial charge in [0.05, 0.1) is 6.61 Å². The van der Waals surface area contributed by atoms with Crippen molar-refractivity contribution in [2.45, 2.75) is 53.0 Å². The molecule has 3 rings (SSSR count). The summed E-state index contributed by atoms with van der Waals surface area (Å²) in [6.07, 6.45) is 9.49. The zero-order valence-electron chi connectivity index (χ0n) is 17.6. The second kappa shape index (κ2) is 7.51. The van der Waals surface area contributed by atoms with Crippen LogP contribution >= 0.6 is 0 Å². The Bertz CT molecular complexity index is 765. The van der Waals surface area contributed by atoms with Gasteiger partial charge in [-0.05, 0) is 44.4 Å². The highest BCUT2D eigenvalue weighted by Crippen LogP contribution is 2.58. The SMILES string of the molecule is CC=CC1C(C)=CC2CC(C)CCC2C1(C)C(O)=C1C(=O)C(CO)N(C)C1=O. The Hall–Kier alpha value is -1.88. The lowest BCUT2D eigenvalue weighted by molar-refractivity contribution is -0.126. The minimum absolute atomic E-state index is 0.0706. The molecule has 2 fully saturated rings. The predicted molar refractivity (Wildman–Crippen MR) is 108 cm³/mol. The Balaban J connectivity index is 2.19. The molecule has 1 aliphatic heterocycles. The van der Waals surface area contributed by atoms with Gasteiger partial charge in [0.2, 0.25) is 0 Å². The molecule has 6 unspecified atom stereocenters. The first-order valence-electron chi connectivity index (χ1n) is 10.3. The van der Waals surface area contributed by atoms with E-state index < -0.39 is 29.8 Å². The van der Waals surface area contributed by atoms with Crippen molar-refractivity contribution < 1.29 is 19.8 Å². The van der Waals surface area contributed by atoms with Crippen molar-refractivity contribution in [3.63, 3.8) is 0 Å². The number of Topliss-reactive ketones (excluding diaryl/α,β-unsaturated/α-hetero) is 1. The average molecular weight is 388 g/mol. The molecule has 0 spiro atoms. The summed E-state index contributed by atoms with van der Waals surface area (Å²) in [5.41, 5.74) is 0.320. The summed E-state index contributed by atoms with van der Waals surface area (Å²) < 4.78 is 0. The van der Waals surface area contributed by atoms with Crippen LogP contribution in [0.2, 0.25) is 0 Å². The summed E-state index contributed by atoms with van der Waals surface area (Å²) in [5, 5.41) is 21.0. The van der Waals surface area contributed by atoms with Crippen molar-refractivity contribution in [3.8, 4) is 0 Å². The monoisotopic (exact) mass is 387 g/mol. The molecule has 0 aromatic carbocycles. The van der Waals surface area contributed by atoms with Crippen molar-refractivity contribution >= 4 is 11.7 Å². The van der Waals surface area contributed by atoms with Gasteiger partial charge in [-0.25, -0.2) is 0 Å². The number of allylic oxidation sites excluding steroid dienone is 5. The number of likely N-dealkylation sites (N-methyl/N-ethyl adjacent to an activating group) is 1. The van der Waals surface area contributed by atoms with Crippen molar-refractivity contribution in [3.05, 3.63) is 35.1 Å². The number of aliphatic hydroxyl groups excluding tert-OH is 2. The van der Waals surface area contributed by atoms with Crippen molar-refractivity contribution in [1.29, 1.82) is 0 Å². The Kier molecular flexibility index (Phi) is 5.59. The topological polar surface area (TPSA) is 77.8 Å². The summed E-state index contributed by atoms with van der Waals surface area (Å²) in [7, 11) is 1.50. The van der Waals surface area contributed by atoms with Gasteiger partial charge in [0.1, 0.15) is 17.4 Å². The molecule has 5 nitrogen and oxygen atoms in total. The highest BCUT2D eigenvalue weighted by molar-refractivity contribution is 6.26. The third kappa shape index (κ3) is 2.95. The number of hydrogen-bond acceptors (Lipinski definition) is 4. The number of rotatable bonds is 3. The fourth-order valence-corrected chi connectivity index (χ4v) is 5.82. The minimum atomic E-state index is -0.907. The summed E-state index contributed by atoms with van der Waals surface area (Å²) in [6, 6.07) is -0.907. The van der Waals surface area contributed by atoms with Crippen LogP contribution in [0.25, 0.3) is 0 Å². The minimum Gasteiger partial charge on any atom is -0.511 e. The highest BCUT2D eigenvalue weighted by atomic mass is 16.3. The number of carbonyl (C=O) groups is 2. The Morgan fingerprint density at radius 2 is 2.04 bits per heavy atom. The molecule has 3 aliphatic rings. The molecule has 0 aromatic heterocycles. The Morgan fingerprint density at radius 1 is 1.36 bits per heavy atom. The molecule has 0 aromatic rings. The lowest BCUT2D eigenvalue weighted by Crippen LogP contribution is -2.46. The maximum atomic E-state index is 12.9. The van der Waals surface area contributed by atoms with Gasteiger partial charge in [0.25, 0.3) is 5.91 Å². The number of nitrogens with zero attached hydrogens (tertiary/aromatic N) is 1. The third-order valence-corrected chi connectivity index (χ3v) is 7.40. The molecule has 2 N–H and O–H groups in total. The van der Waals surface area contributed by atoms with Crippen LogP contribution in [0.1, 0.15) is 47.0 Å². The molecule has 1 heterocycles. The standard InChI is InChI=1S/C23H33NO4/c1-6-7-16-14(3)11-15-10-13(2)8-9-17(15)23(16,4)21(27)19-20(26)18(12-25)24(5)22(19)28/h6-7,11,13,15-18,25,27H,8-10,12H2,1-5H3. The van der Waals surface area contributed by atoms with Crippen molar-refractivity contribution in [2.24, 2.45) is 29.1 Å². The first kappa shape index (κ1) is 20.8. The summed E-state index contributed by atoms with van der Waals surface area (Å²) in [4.78, 5) is 26.9. The highest BCUT2D eigenvalue weighted by Gasteiger charge is 2.55. The maximum Gasteiger partial charge on any atom is 0.261 e. The second-order valence-corrected chi connectivity index (χ2v) is 9.09. The molecule has 1 saturated heterocycles. The normalized spacial score (nSPS) is 40.7. The van der Waals surface area contributed by atoms with Gasteiger partial charge in [0.15, 0.2) is 5.78 Å². The molecule has 0 bridgehead atoms. The number of aliphatic hydroxyl groups is 2. The molecule has 154 valence electrons. The Labute approximate surface area is 167 Å². The Morgan fingerprint density at radius 3 is 2.61 bits per heavy atom. The van der Waals surface area contributed by atoms with Crippen LogP contribution in [0.5, 0.6) is 0 Å². The number of hydrogen-bond donors (Lipinski definition) is 2. The fraction of sp³-hybridized carbons (Fsp3) is 0.652. The van der Waals surface area contributed by atoms with E-state index in [4.69, 9.17) is 0 Å². The van der Waals surface area contributed by atoms with Gasteiger partial charge in [-0.1, -0.05) is 44.1 Å². The maximum absolute atomic E-state index is 12.9. The molecule has 6 atom stereocenters. The third-order valence-electron chi connectivity index (χ3n) is 7.40. The van der Waals surface area contributed by atoms with Crippen LogP contribution in [0.15, 0.2) is 35.1 Å². The van der Waals surface area contributed by atoms with Gasteiger partial charge < -0.3 is 15.1 Å². The number of fused-ring (bicyclic) bond motifs is 1. The van der Waals surface area contributed by atoms with Crippen LogP contribution in [-0.4, -0.2) is 46.5 Å². The van der Waals surface area contributed by atoms with E-state index in [0.29, 0.717) is 11.8 Å². The van der Waals surface area contributed by atoms with Gasteiger partial charge in [0, 0.05) is 18.4 Å². The fourth-order valence-electron chi connectivity index (χ4n) is 5.82. The first-order valence-corrected chi connectivity index (χ1v) is 10.3. The molecule has 28 heavy (non-hydrogen) atoms. The quantitative estimate of drug-likeness (QED) is 0.337. The van der Waals surface area contributed by atoms with E-state index in [-0.39, 0.29) is 23.2 Å². The van der Waals surface area contributed by atoms with Crippen LogP contribution < -0.4 is 0 Å². The first-order chi connectivity index (χ1) is 13.2. The molecular weight excluding hydrogens is 354 g/mol. The largest absolute Gasteiger partial charge is 0.511 e. The number of ketones is 1. The van der Waals surface area contributed by atoms with E-state index in [1.165, 1.54) is 17.5 Å². The molecule has 2 aliphatic carbocycles. The van der Waals surface area contributed by atoms with Crippen LogP contribution in [0.4, 0.5) is 0 Å². The van der Waals surface area contributed by atoms with Gasteiger partial charge in [-0.15, -0.1) is 0 Å². The van der Waals surface area contributed by atoms with Crippen molar-refractivity contribution in [1.82, 2.24) is 4.90 Å². The number of likely N-dealkylation sites (tertiary alicyclic amines) is 1. The molecular formula is C23H33NO4. The second-order valence-electron chi connectivity index (χ2n) is 9.09. The van der Waals surface area contributed by atoms with E-state index in [1.807, 2.05) is 19.9 Å². The number of amides is 1. The predicted octanol–water partition coefficient (Wildman–Crippen LogP) is 3.41. The van der Waals surface area contributed by atoms with E-state index >= 15 is 0 Å². The smallest absolute Gasteiger partial charge is 0.261 e. The summed E-state index contributed by atoms with van der Waals surface area (Å²) >= 11 is 0. The lowest BCUT2D eigenvalue weighted by atomic mass is 9.52. The summed E-state index contributed by atoms with van der Waals surface area (Å²) in [5.74, 6) is -0.00149. The van der Waals surface area contributed by atoms with Crippen LogP contribution in [0, 0.1) is 29.1 Å². The van der Waals surface area contributed by atoms with Crippen LogP contribution in [-0.2, 0) is 9.59 Å². The van der Waals surface area contributed by atoms with Gasteiger partial charge in [-0.3, -0.25) is 9.59 Å². The molecule has 1 amide bonds. The molecule has 0 radical (unpaired) electrons. The molecule has 5 heteroatoms. The van der Waals surface area contributed by atoms with E-state index in [2.05, 4.69) is 26.0 Å². The molecule has 1 saturated carbocycles. The van der Waals surface area contributed by atoms with E-state index in [9.17, 15) is 19.8 Å². The van der Waals surface area contributed by atoms with E-state index in [1.54, 1.807) is 0 Å². The van der Waals surface area contributed by atoms with Gasteiger partial charge >= 0.3 is 0 Å².